The molecular weight excluding hydrogens is 339 g/mol. The largest absolute Gasteiger partial charge is 0.469 e. The molecule has 0 bridgehead atoms. The van der Waals surface area contributed by atoms with Crippen LogP contribution in [-0.4, -0.2) is 29.8 Å². The van der Waals surface area contributed by atoms with Gasteiger partial charge in [-0.05, 0) is 48.6 Å². The zero-order chi connectivity index (χ0) is 17.1. The van der Waals surface area contributed by atoms with Gasteiger partial charge in [-0.1, -0.05) is 12.1 Å². The van der Waals surface area contributed by atoms with E-state index in [1.807, 2.05) is 0 Å². The molecule has 0 aliphatic carbocycles. The lowest BCUT2D eigenvalue weighted by atomic mass is 10.2. The highest BCUT2D eigenvalue weighted by molar-refractivity contribution is 7.80. The molecule has 1 rings (SSSR count). The van der Waals surface area contributed by atoms with E-state index in [1.54, 1.807) is 12.1 Å². The van der Waals surface area contributed by atoms with Crippen molar-refractivity contribution >= 4 is 40.6 Å². The highest BCUT2D eigenvalue weighted by atomic mass is 32.1. The second-order valence-corrected chi connectivity index (χ2v) is 5.31. The molecule has 0 heterocycles. The molecule has 23 heavy (non-hydrogen) atoms. The summed E-state index contributed by atoms with van der Waals surface area (Å²) in [7, 11) is 1.35. The number of esters is 1. The van der Waals surface area contributed by atoms with E-state index in [-0.39, 0.29) is 11.8 Å². The molecule has 0 amide bonds. The fraction of sp³-hybridized carbons (Fsp3) is 0.357. The molecule has 0 aliphatic rings. The molecule has 0 unspecified atom stereocenters. The maximum Gasteiger partial charge on any atom is 0.305 e. The number of nitrogens with one attached hydrogen (secondary N) is 4. The Bertz CT molecular complexity index is 540. The van der Waals surface area contributed by atoms with Crippen molar-refractivity contribution in [3.63, 3.8) is 0 Å². The lowest BCUT2D eigenvalue weighted by molar-refractivity contribution is -0.140. The molecule has 0 fully saturated rings. The van der Waals surface area contributed by atoms with Crippen molar-refractivity contribution in [3.05, 3.63) is 35.6 Å². The molecule has 4 N–H and O–H groups in total. The topological polar surface area (TPSA) is 74.4 Å². The first-order chi connectivity index (χ1) is 11.0. The van der Waals surface area contributed by atoms with Crippen LogP contribution in [0.1, 0.15) is 18.4 Å². The number of hydrogen-bond donors (Lipinski definition) is 4. The summed E-state index contributed by atoms with van der Waals surface area (Å²) < 4.78 is 17.3. The van der Waals surface area contributed by atoms with Gasteiger partial charge in [0.05, 0.1) is 7.11 Å². The average molecular weight is 358 g/mol. The zero-order valence-electron chi connectivity index (χ0n) is 12.6. The third-order valence-corrected chi connectivity index (χ3v) is 3.22. The van der Waals surface area contributed by atoms with Crippen LogP contribution in [0.15, 0.2) is 24.3 Å². The van der Waals surface area contributed by atoms with Gasteiger partial charge in [-0.2, -0.15) is 0 Å². The minimum atomic E-state index is -0.278. The molecule has 0 saturated carbocycles. The Morgan fingerprint density at radius 1 is 1.13 bits per heavy atom. The number of halogens is 1. The predicted octanol–water partition coefficient (Wildman–Crippen LogP) is 1.12. The number of hydrogen-bond acceptors (Lipinski definition) is 4. The number of rotatable bonds is 6. The Labute approximate surface area is 145 Å². The third kappa shape index (κ3) is 8.89. The van der Waals surface area contributed by atoms with Crippen molar-refractivity contribution < 1.29 is 13.9 Å². The van der Waals surface area contributed by atoms with Gasteiger partial charge in [0.2, 0.25) is 0 Å². The highest BCUT2D eigenvalue weighted by Gasteiger charge is 2.01. The number of carbonyl (C=O) groups excluding carboxylic acids is 1. The molecule has 1 aromatic carbocycles. The van der Waals surface area contributed by atoms with Gasteiger partial charge in [-0.25, -0.2) is 4.39 Å². The van der Waals surface area contributed by atoms with Crippen LogP contribution in [0, 0.1) is 5.82 Å². The Morgan fingerprint density at radius 3 is 2.35 bits per heavy atom. The third-order valence-electron chi connectivity index (χ3n) is 2.73. The number of benzene rings is 1. The van der Waals surface area contributed by atoms with E-state index < -0.39 is 0 Å². The summed E-state index contributed by atoms with van der Waals surface area (Å²) in [6.45, 7) is 1.01. The van der Waals surface area contributed by atoms with E-state index in [1.165, 1.54) is 19.2 Å². The average Bonchev–Trinajstić information content (AvgIpc) is 2.56. The van der Waals surface area contributed by atoms with Crippen LogP contribution in [0.25, 0.3) is 0 Å². The molecule has 0 spiro atoms. The first-order valence-electron chi connectivity index (χ1n) is 6.90. The number of methoxy groups -OCH3 is 1. The van der Waals surface area contributed by atoms with E-state index >= 15 is 0 Å². The summed E-state index contributed by atoms with van der Waals surface area (Å²) in [6, 6.07) is 6.12. The van der Waals surface area contributed by atoms with Crippen LogP contribution >= 0.6 is 24.4 Å². The minimum Gasteiger partial charge on any atom is -0.469 e. The summed E-state index contributed by atoms with van der Waals surface area (Å²) in [5.41, 5.74) is 6.35. The Kier molecular flexibility index (Phi) is 8.85. The van der Waals surface area contributed by atoms with E-state index in [0.29, 0.717) is 36.2 Å². The van der Waals surface area contributed by atoms with E-state index in [9.17, 15) is 9.18 Å². The quantitative estimate of drug-likeness (QED) is 0.261. The lowest BCUT2D eigenvalue weighted by Gasteiger charge is -2.14. The van der Waals surface area contributed by atoms with Gasteiger partial charge in [0.15, 0.2) is 10.2 Å². The number of thiocarbonyl (C=S) groups is 2. The van der Waals surface area contributed by atoms with E-state index in [2.05, 4.69) is 26.2 Å². The molecule has 0 aromatic heterocycles. The number of carbonyl (C=O) groups is 1. The summed E-state index contributed by atoms with van der Waals surface area (Å²) >= 11 is 10.1. The van der Waals surface area contributed by atoms with Gasteiger partial charge in [0.1, 0.15) is 5.82 Å². The van der Waals surface area contributed by atoms with E-state index in [0.717, 1.165) is 5.56 Å². The van der Waals surface area contributed by atoms with Crippen molar-refractivity contribution in [2.75, 3.05) is 13.7 Å². The van der Waals surface area contributed by atoms with Crippen molar-refractivity contribution in [1.82, 2.24) is 21.5 Å². The van der Waals surface area contributed by atoms with Crippen LogP contribution in [-0.2, 0) is 16.1 Å². The van der Waals surface area contributed by atoms with Gasteiger partial charge >= 0.3 is 5.97 Å². The van der Waals surface area contributed by atoms with Crippen molar-refractivity contribution in [1.29, 1.82) is 0 Å². The fourth-order valence-corrected chi connectivity index (χ4v) is 1.80. The fourth-order valence-electron chi connectivity index (χ4n) is 1.52. The second kappa shape index (κ2) is 10.7. The monoisotopic (exact) mass is 358 g/mol. The van der Waals surface area contributed by atoms with Crippen LogP contribution < -0.4 is 21.5 Å². The van der Waals surface area contributed by atoms with Crippen molar-refractivity contribution in [2.24, 2.45) is 0 Å². The summed E-state index contributed by atoms with van der Waals surface area (Å²) in [5, 5.41) is 6.59. The molecule has 0 atom stereocenters. The lowest BCUT2D eigenvalue weighted by Crippen LogP contribution is -2.50. The minimum absolute atomic E-state index is 0.255. The van der Waals surface area contributed by atoms with E-state index in [4.69, 9.17) is 24.4 Å². The number of hydrazine groups is 1. The van der Waals surface area contributed by atoms with Crippen molar-refractivity contribution in [3.8, 4) is 0 Å². The maximum absolute atomic E-state index is 12.8. The van der Waals surface area contributed by atoms with Crippen LogP contribution in [0.2, 0.25) is 0 Å². The molecule has 0 aliphatic heterocycles. The Hall–Kier alpha value is -2.00. The normalized spacial score (nSPS) is 9.65. The highest BCUT2D eigenvalue weighted by Crippen LogP contribution is 2.01. The standard InChI is InChI=1S/C14H19FN4O2S2/c1-21-12(20)3-2-8-16-13(22)18-19-14(23)17-9-10-4-6-11(15)7-5-10/h4-7H,2-3,8-9H2,1H3,(H2,16,18,22)(H2,17,19,23). The summed E-state index contributed by atoms with van der Waals surface area (Å²) in [6.07, 6.45) is 0.943. The SMILES string of the molecule is COC(=O)CCCNC(=S)NNC(=S)NCc1ccc(F)cc1. The molecule has 6 nitrogen and oxygen atoms in total. The molecule has 126 valence electrons. The number of ether oxygens (including phenoxy) is 1. The van der Waals surface area contributed by atoms with Crippen LogP contribution in [0.5, 0.6) is 0 Å². The molecular formula is C14H19FN4O2S2. The first-order valence-corrected chi connectivity index (χ1v) is 7.72. The van der Waals surface area contributed by atoms with Gasteiger partial charge in [-0.15, -0.1) is 0 Å². The smallest absolute Gasteiger partial charge is 0.305 e. The Balaban J connectivity index is 2.11. The van der Waals surface area contributed by atoms with Gasteiger partial charge in [-0.3, -0.25) is 15.6 Å². The Morgan fingerprint density at radius 2 is 1.74 bits per heavy atom. The molecule has 1 aromatic rings. The zero-order valence-corrected chi connectivity index (χ0v) is 14.3. The summed E-state index contributed by atoms with van der Waals surface area (Å²) in [4.78, 5) is 10.9. The summed E-state index contributed by atoms with van der Waals surface area (Å²) in [5.74, 6) is -0.533. The molecule has 9 heteroatoms. The van der Waals surface area contributed by atoms with Gasteiger partial charge < -0.3 is 15.4 Å². The predicted molar refractivity (Wildman–Crippen MR) is 94.0 cm³/mol. The molecule has 0 radical (unpaired) electrons. The first kappa shape index (κ1) is 19.0. The maximum atomic E-state index is 12.8. The van der Waals surface area contributed by atoms with Crippen molar-refractivity contribution in [2.45, 2.75) is 19.4 Å². The van der Waals surface area contributed by atoms with Crippen LogP contribution in [0.4, 0.5) is 4.39 Å². The van der Waals surface area contributed by atoms with Gasteiger partial charge in [0.25, 0.3) is 0 Å². The second-order valence-electron chi connectivity index (χ2n) is 4.49. The van der Waals surface area contributed by atoms with Crippen LogP contribution in [0.3, 0.4) is 0 Å². The van der Waals surface area contributed by atoms with Gasteiger partial charge in [0, 0.05) is 19.5 Å². The molecule has 0 saturated heterocycles.